The van der Waals surface area contributed by atoms with Crippen molar-refractivity contribution in [3.05, 3.63) is 53.6 Å². The molecule has 24 heavy (non-hydrogen) atoms. The van der Waals surface area contributed by atoms with E-state index in [1.54, 1.807) is 13.1 Å². The van der Waals surface area contributed by atoms with Crippen LogP contribution < -0.4 is 4.90 Å². The lowest BCUT2D eigenvalue weighted by Crippen LogP contribution is -2.34. The van der Waals surface area contributed by atoms with Crippen LogP contribution in [0.4, 0.5) is 10.1 Å². The molecule has 0 bridgehead atoms. The molecule has 0 saturated carbocycles. The van der Waals surface area contributed by atoms with Crippen LogP contribution >= 0.6 is 0 Å². The number of rotatable bonds is 5. The van der Waals surface area contributed by atoms with Gasteiger partial charge in [0.05, 0.1) is 19.1 Å². The van der Waals surface area contributed by atoms with Crippen LogP contribution in [-0.2, 0) is 16.6 Å². The van der Waals surface area contributed by atoms with Crippen molar-refractivity contribution in [2.45, 2.75) is 6.42 Å². The minimum Gasteiger partial charge on any atom is -0.469 e. The first kappa shape index (κ1) is 17.2. The molecule has 1 aromatic carbocycles. The molecule has 0 atom stereocenters. The van der Waals surface area contributed by atoms with Gasteiger partial charge in [-0.15, -0.1) is 0 Å². The Morgan fingerprint density at radius 3 is 2.71 bits per heavy atom. The van der Waals surface area contributed by atoms with Crippen molar-refractivity contribution in [1.82, 2.24) is 4.57 Å². The van der Waals surface area contributed by atoms with Crippen LogP contribution in [0.25, 0.3) is 0 Å². The van der Waals surface area contributed by atoms with Crippen LogP contribution in [0.5, 0.6) is 0 Å². The van der Waals surface area contributed by atoms with E-state index in [2.05, 4.69) is 4.74 Å². The number of esters is 1. The molecule has 2 rings (SSSR count). The Balaban J connectivity index is 2.37. The summed E-state index contributed by atoms with van der Waals surface area (Å²) in [5.74, 6) is -1.41. The van der Waals surface area contributed by atoms with E-state index >= 15 is 0 Å². The number of benzene rings is 1. The highest BCUT2D eigenvalue weighted by Gasteiger charge is 2.22. The number of amides is 1. The first-order valence-corrected chi connectivity index (χ1v) is 7.17. The molecule has 0 fully saturated rings. The maximum atomic E-state index is 13.5. The number of carbonyl (C=O) groups is 2. The highest BCUT2D eigenvalue weighted by Crippen LogP contribution is 2.20. The Bertz CT molecular complexity index is 808. The van der Waals surface area contributed by atoms with Gasteiger partial charge in [-0.1, -0.05) is 6.07 Å². The third-order valence-corrected chi connectivity index (χ3v) is 3.49. The Kier molecular flexibility index (Phi) is 5.32. The van der Waals surface area contributed by atoms with Gasteiger partial charge in [-0.3, -0.25) is 9.59 Å². The monoisotopic (exact) mass is 329 g/mol. The molecule has 0 radical (unpaired) electrons. The summed E-state index contributed by atoms with van der Waals surface area (Å²) >= 11 is 0. The molecule has 124 valence electrons. The molecule has 6 nitrogen and oxygen atoms in total. The van der Waals surface area contributed by atoms with Gasteiger partial charge < -0.3 is 14.2 Å². The molecule has 0 saturated heterocycles. The maximum Gasteiger partial charge on any atom is 0.307 e. The minimum absolute atomic E-state index is 0.0298. The van der Waals surface area contributed by atoms with Crippen LogP contribution in [0.2, 0.25) is 0 Å². The molecule has 0 aliphatic heterocycles. The summed E-state index contributed by atoms with van der Waals surface area (Å²) in [5, 5.41) is 8.96. The third kappa shape index (κ3) is 3.79. The Labute approximate surface area is 138 Å². The lowest BCUT2D eigenvalue weighted by atomic mass is 10.2. The third-order valence-electron chi connectivity index (χ3n) is 3.49. The molecule has 0 N–H and O–H groups in total. The van der Waals surface area contributed by atoms with Crippen LogP contribution in [-0.4, -0.2) is 30.1 Å². The van der Waals surface area contributed by atoms with E-state index in [1.807, 2.05) is 6.07 Å². The van der Waals surface area contributed by atoms with Gasteiger partial charge in [0.2, 0.25) is 0 Å². The number of carbonyl (C=O) groups excluding carboxylic acids is 2. The zero-order valence-corrected chi connectivity index (χ0v) is 13.3. The molecule has 7 heteroatoms. The Morgan fingerprint density at radius 2 is 2.12 bits per heavy atom. The summed E-state index contributed by atoms with van der Waals surface area (Å²) in [6.45, 7) is 0.0298. The summed E-state index contributed by atoms with van der Waals surface area (Å²) in [6, 6.07) is 8.95. The van der Waals surface area contributed by atoms with E-state index in [-0.39, 0.29) is 18.7 Å². The molecule has 1 amide bonds. The molecule has 2 aromatic rings. The first-order chi connectivity index (χ1) is 11.5. The van der Waals surface area contributed by atoms with Gasteiger partial charge in [0.15, 0.2) is 0 Å². The van der Waals surface area contributed by atoms with Crippen molar-refractivity contribution >= 4 is 17.6 Å². The largest absolute Gasteiger partial charge is 0.469 e. The quantitative estimate of drug-likeness (QED) is 0.789. The molecule has 0 spiro atoms. The number of halogens is 1. The van der Waals surface area contributed by atoms with Crippen LogP contribution in [0.3, 0.4) is 0 Å². The predicted octanol–water partition coefficient (Wildman–Crippen LogP) is 2.25. The fourth-order valence-electron chi connectivity index (χ4n) is 2.27. The zero-order chi connectivity index (χ0) is 17.7. The number of methoxy groups -OCH3 is 1. The summed E-state index contributed by atoms with van der Waals surface area (Å²) < 4.78 is 19.6. The standard InChI is InChI=1S/C17H16FN3O3/c1-20-11-12(10-19)8-15(20)17(23)21(7-6-16(22)24-2)14-5-3-4-13(18)9-14/h3-5,8-9,11H,6-7H2,1-2H3. The van der Waals surface area contributed by atoms with Crippen molar-refractivity contribution < 1.29 is 18.7 Å². The predicted molar refractivity (Wildman–Crippen MR) is 84.8 cm³/mol. The van der Waals surface area contributed by atoms with E-state index in [0.717, 1.165) is 0 Å². The lowest BCUT2D eigenvalue weighted by molar-refractivity contribution is -0.140. The van der Waals surface area contributed by atoms with Crippen molar-refractivity contribution in [3.8, 4) is 6.07 Å². The van der Waals surface area contributed by atoms with Gasteiger partial charge in [-0.2, -0.15) is 5.26 Å². The number of nitriles is 1. The fourth-order valence-corrected chi connectivity index (χ4v) is 2.27. The van der Waals surface area contributed by atoms with Gasteiger partial charge in [0, 0.05) is 25.5 Å². The van der Waals surface area contributed by atoms with Crippen LogP contribution in [0.1, 0.15) is 22.5 Å². The molecule has 1 heterocycles. The number of ether oxygens (including phenoxy) is 1. The van der Waals surface area contributed by atoms with Crippen molar-refractivity contribution in [3.63, 3.8) is 0 Å². The summed E-state index contributed by atoms with van der Waals surface area (Å²) in [4.78, 5) is 25.5. The highest BCUT2D eigenvalue weighted by atomic mass is 19.1. The zero-order valence-electron chi connectivity index (χ0n) is 13.3. The Morgan fingerprint density at radius 1 is 1.38 bits per heavy atom. The summed E-state index contributed by atoms with van der Waals surface area (Å²) in [7, 11) is 2.89. The van der Waals surface area contributed by atoms with Crippen LogP contribution in [0.15, 0.2) is 36.5 Å². The van der Waals surface area contributed by atoms with Gasteiger partial charge >= 0.3 is 5.97 Å². The molecule has 0 aliphatic carbocycles. The van der Waals surface area contributed by atoms with Crippen molar-refractivity contribution in [2.75, 3.05) is 18.6 Å². The van der Waals surface area contributed by atoms with Gasteiger partial charge in [0.1, 0.15) is 17.6 Å². The minimum atomic E-state index is -0.493. The van der Waals surface area contributed by atoms with E-state index < -0.39 is 17.7 Å². The maximum absolute atomic E-state index is 13.5. The molecular formula is C17H16FN3O3. The summed E-state index contributed by atoms with van der Waals surface area (Å²) in [5.41, 5.74) is 0.928. The van der Waals surface area contributed by atoms with E-state index in [4.69, 9.17) is 5.26 Å². The second-order valence-electron chi connectivity index (χ2n) is 5.10. The fraction of sp³-hybridized carbons (Fsp3) is 0.235. The highest BCUT2D eigenvalue weighted by molar-refractivity contribution is 6.05. The normalized spacial score (nSPS) is 10.1. The Hall–Kier alpha value is -3.14. The number of nitrogens with zero attached hydrogens (tertiary/aromatic N) is 3. The number of aryl methyl sites for hydroxylation is 1. The topological polar surface area (TPSA) is 75.3 Å². The second-order valence-corrected chi connectivity index (χ2v) is 5.10. The number of hydrogen-bond donors (Lipinski definition) is 0. The average molecular weight is 329 g/mol. The molecule has 1 aromatic heterocycles. The van der Waals surface area contributed by atoms with E-state index in [9.17, 15) is 14.0 Å². The number of aromatic nitrogens is 1. The second kappa shape index (κ2) is 7.42. The van der Waals surface area contributed by atoms with Gasteiger partial charge in [-0.05, 0) is 24.3 Å². The van der Waals surface area contributed by atoms with Gasteiger partial charge in [-0.25, -0.2) is 4.39 Å². The molecule has 0 aliphatic rings. The lowest BCUT2D eigenvalue weighted by Gasteiger charge is -2.22. The first-order valence-electron chi connectivity index (χ1n) is 7.17. The van der Waals surface area contributed by atoms with Crippen LogP contribution in [0, 0.1) is 17.1 Å². The number of anilines is 1. The SMILES string of the molecule is COC(=O)CCN(C(=O)c1cc(C#N)cn1C)c1cccc(F)c1. The van der Waals surface area contributed by atoms with Crippen molar-refractivity contribution in [1.29, 1.82) is 5.26 Å². The van der Waals surface area contributed by atoms with Gasteiger partial charge in [0.25, 0.3) is 5.91 Å². The molecular weight excluding hydrogens is 313 g/mol. The average Bonchev–Trinajstić information content (AvgIpc) is 2.95. The van der Waals surface area contributed by atoms with Crippen molar-refractivity contribution in [2.24, 2.45) is 7.05 Å². The van der Waals surface area contributed by atoms with E-state index in [1.165, 1.54) is 47.0 Å². The number of hydrogen-bond acceptors (Lipinski definition) is 4. The molecule has 0 unspecified atom stereocenters. The van der Waals surface area contributed by atoms with E-state index in [0.29, 0.717) is 11.3 Å². The smallest absolute Gasteiger partial charge is 0.307 e. The summed E-state index contributed by atoms with van der Waals surface area (Å²) in [6.07, 6.45) is 1.49.